The number of nitrogens with two attached hydrogens (primary N) is 2. The predicted molar refractivity (Wildman–Crippen MR) is 73.9 cm³/mol. The van der Waals surface area contributed by atoms with Crippen molar-refractivity contribution in [2.24, 2.45) is 0 Å². The van der Waals surface area contributed by atoms with Crippen molar-refractivity contribution in [3.8, 4) is 0 Å². The Labute approximate surface area is 102 Å². The minimum atomic E-state index is 0.765. The van der Waals surface area contributed by atoms with Crippen molar-refractivity contribution in [3.63, 3.8) is 0 Å². The average Bonchev–Trinajstić information content (AvgIpc) is 2.34. The molecule has 0 amide bonds. The average molecular weight is 226 g/mol. The van der Waals surface area contributed by atoms with Crippen LogP contribution in [0.15, 0.2) is 42.5 Å². The predicted octanol–water partition coefficient (Wildman–Crippen LogP) is 3.00. The van der Waals surface area contributed by atoms with E-state index in [1.54, 1.807) is 0 Å². The molecule has 2 nitrogen and oxygen atoms in total. The second-order valence-electron chi connectivity index (χ2n) is 4.31. The van der Waals surface area contributed by atoms with E-state index in [-0.39, 0.29) is 0 Å². The molecular formula is C15H18N2. The maximum atomic E-state index is 5.95. The van der Waals surface area contributed by atoms with Crippen molar-refractivity contribution in [1.82, 2.24) is 0 Å². The number of hydrogen-bond acceptors (Lipinski definition) is 2. The largest absolute Gasteiger partial charge is 0.399 e. The molecule has 0 aliphatic rings. The van der Waals surface area contributed by atoms with E-state index in [9.17, 15) is 0 Å². The molecule has 88 valence electrons. The van der Waals surface area contributed by atoms with Gasteiger partial charge in [-0.2, -0.15) is 0 Å². The third-order valence-electron chi connectivity index (χ3n) is 2.96. The molecule has 0 radical (unpaired) electrons. The van der Waals surface area contributed by atoms with E-state index in [2.05, 4.69) is 31.2 Å². The summed E-state index contributed by atoms with van der Waals surface area (Å²) in [5.74, 6) is 0. The van der Waals surface area contributed by atoms with Crippen LogP contribution in [0.5, 0.6) is 0 Å². The van der Waals surface area contributed by atoms with E-state index in [0.717, 1.165) is 29.8 Å². The summed E-state index contributed by atoms with van der Waals surface area (Å²) in [5.41, 5.74) is 17.0. The van der Waals surface area contributed by atoms with Gasteiger partial charge in [-0.25, -0.2) is 0 Å². The lowest BCUT2D eigenvalue weighted by Gasteiger charge is -2.08. The van der Waals surface area contributed by atoms with Crippen LogP contribution in [0.2, 0.25) is 0 Å². The third kappa shape index (κ3) is 2.78. The second-order valence-corrected chi connectivity index (χ2v) is 4.31. The molecule has 0 aliphatic carbocycles. The first-order valence-corrected chi connectivity index (χ1v) is 5.90. The van der Waals surface area contributed by atoms with Gasteiger partial charge in [0.25, 0.3) is 0 Å². The first kappa shape index (κ1) is 11.5. The van der Waals surface area contributed by atoms with Crippen LogP contribution >= 0.6 is 0 Å². The van der Waals surface area contributed by atoms with Gasteiger partial charge in [-0.1, -0.05) is 31.2 Å². The Bertz CT molecular complexity index is 518. The fourth-order valence-corrected chi connectivity index (χ4v) is 1.96. The zero-order chi connectivity index (χ0) is 12.3. The number of anilines is 2. The summed E-state index contributed by atoms with van der Waals surface area (Å²) in [6.45, 7) is 2.16. The van der Waals surface area contributed by atoms with Crippen LogP contribution in [-0.4, -0.2) is 0 Å². The van der Waals surface area contributed by atoms with Crippen LogP contribution in [0.3, 0.4) is 0 Å². The van der Waals surface area contributed by atoms with Crippen LogP contribution < -0.4 is 11.5 Å². The van der Waals surface area contributed by atoms with Gasteiger partial charge in [-0.15, -0.1) is 0 Å². The number of benzene rings is 2. The van der Waals surface area contributed by atoms with E-state index < -0.39 is 0 Å². The Kier molecular flexibility index (Phi) is 3.33. The van der Waals surface area contributed by atoms with Gasteiger partial charge in [-0.3, -0.25) is 0 Å². The van der Waals surface area contributed by atoms with E-state index in [0.29, 0.717) is 0 Å². The number of nitrogen functional groups attached to an aromatic ring is 2. The molecule has 2 rings (SSSR count). The molecule has 0 unspecified atom stereocenters. The minimum absolute atomic E-state index is 0.765. The van der Waals surface area contributed by atoms with E-state index in [1.165, 1.54) is 11.1 Å². The smallest absolute Gasteiger partial charge is 0.0351 e. The molecule has 0 heterocycles. The Morgan fingerprint density at radius 1 is 0.941 bits per heavy atom. The van der Waals surface area contributed by atoms with Gasteiger partial charge in [0.15, 0.2) is 0 Å². The number of hydrogen-bond donors (Lipinski definition) is 2. The zero-order valence-corrected chi connectivity index (χ0v) is 10.1. The summed E-state index contributed by atoms with van der Waals surface area (Å²) in [6.07, 6.45) is 1.89. The molecule has 17 heavy (non-hydrogen) atoms. The highest BCUT2D eigenvalue weighted by molar-refractivity contribution is 5.56. The summed E-state index contributed by atoms with van der Waals surface area (Å²) in [6, 6.07) is 14.2. The molecule has 2 aromatic rings. The summed E-state index contributed by atoms with van der Waals surface area (Å²) in [7, 11) is 0. The Hall–Kier alpha value is -1.96. The summed E-state index contributed by atoms with van der Waals surface area (Å²) >= 11 is 0. The highest BCUT2D eigenvalue weighted by atomic mass is 14.6. The molecular weight excluding hydrogens is 208 g/mol. The highest BCUT2D eigenvalue weighted by Crippen LogP contribution is 2.20. The van der Waals surface area contributed by atoms with Gasteiger partial charge in [0.1, 0.15) is 0 Å². The van der Waals surface area contributed by atoms with Crippen molar-refractivity contribution in [3.05, 3.63) is 59.2 Å². The Morgan fingerprint density at radius 3 is 2.47 bits per heavy atom. The van der Waals surface area contributed by atoms with Gasteiger partial charge < -0.3 is 11.5 Å². The SMILES string of the molecule is CCc1cccc(Cc2cc(N)ccc2N)c1. The number of rotatable bonds is 3. The third-order valence-corrected chi connectivity index (χ3v) is 2.96. The highest BCUT2D eigenvalue weighted by Gasteiger charge is 2.02. The molecule has 0 fully saturated rings. The molecule has 0 aromatic heterocycles. The Morgan fingerprint density at radius 2 is 1.71 bits per heavy atom. The van der Waals surface area contributed by atoms with E-state index in [1.807, 2.05) is 18.2 Å². The van der Waals surface area contributed by atoms with Crippen LogP contribution in [0.1, 0.15) is 23.6 Å². The first-order chi connectivity index (χ1) is 8.19. The van der Waals surface area contributed by atoms with Crippen molar-refractivity contribution in [1.29, 1.82) is 0 Å². The molecule has 0 saturated carbocycles. The monoisotopic (exact) mass is 226 g/mol. The maximum absolute atomic E-state index is 5.95. The minimum Gasteiger partial charge on any atom is -0.399 e. The van der Waals surface area contributed by atoms with Crippen LogP contribution in [0, 0.1) is 0 Å². The van der Waals surface area contributed by atoms with Crippen molar-refractivity contribution >= 4 is 11.4 Å². The molecule has 0 aliphatic heterocycles. The molecule has 0 atom stereocenters. The molecule has 0 bridgehead atoms. The lowest BCUT2D eigenvalue weighted by atomic mass is 10.0. The van der Waals surface area contributed by atoms with Gasteiger partial charge in [0.2, 0.25) is 0 Å². The van der Waals surface area contributed by atoms with Gasteiger partial charge >= 0.3 is 0 Å². The quantitative estimate of drug-likeness (QED) is 0.790. The lowest BCUT2D eigenvalue weighted by Crippen LogP contribution is -1.98. The van der Waals surface area contributed by atoms with Crippen molar-refractivity contribution < 1.29 is 0 Å². The lowest BCUT2D eigenvalue weighted by molar-refractivity contribution is 1.11. The fraction of sp³-hybridized carbons (Fsp3) is 0.200. The second kappa shape index (κ2) is 4.91. The molecule has 2 heteroatoms. The molecule has 0 saturated heterocycles. The van der Waals surface area contributed by atoms with Crippen LogP contribution in [0.25, 0.3) is 0 Å². The van der Waals surface area contributed by atoms with Gasteiger partial charge in [0.05, 0.1) is 0 Å². The molecule has 0 spiro atoms. The van der Waals surface area contributed by atoms with Crippen molar-refractivity contribution in [2.75, 3.05) is 11.5 Å². The Balaban J connectivity index is 2.27. The summed E-state index contributed by atoms with van der Waals surface area (Å²) < 4.78 is 0. The van der Waals surface area contributed by atoms with Gasteiger partial charge in [0, 0.05) is 11.4 Å². The molecule has 2 aromatic carbocycles. The number of aryl methyl sites for hydroxylation is 1. The molecule has 4 N–H and O–H groups in total. The van der Waals surface area contributed by atoms with Crippen LogP contribution in [-0.2, 0) is 12.8 Å². The maximum Gasteiger partial charge on any atom is 0.0351 e. The van der Waals surface area contributed by atoms with E-state index in [4.69, 9.17) is 11.5 Å². The summed E-state index contributed by atoms with van der Waals surface area (Å²) in [5, 5.41) is 0. The standard InChI is InChI=1S/C15H18N2/c1-2-11-4-3-5-12(8-11)9-13-10-14(16)6-7-15(13)17/h3-8,10H,2,9,16-17H2,1H3. The van der Waals surface area contributed by atoms with Crippen LogP contribution in [0.4, 0.5) is 11.4 Å². The topological polar surface area (TPSA) is 52.0 Å². The van der Waals surface area contributed by atoms with Crippen molar-refractivity contribution in [2.45, 2.75) is 19.8 Å². The first-order valence-electron chi connectivity index (χ1n) is 5.90. The normalized spacial score (nSPS) is 10.4. The zero-order valence-electron chi connectivity index (χ0n) is 10.1. The van der Waals surface area contributed by atoms with Gasteiger partial charge in [-0.05, 0) is 47.7 Å². The summed E-state index contributed by atoms with van der Waals surface area (Å²) in [4.78, 5) is 0. The fourth-order valence-electron chi connectivity index (χ4n) is 1.96. The van der Waals surface area contributed by atoms with E-state index >= 15 is 0 Å².